The van der Waals surface area contributed by atoms with Crippen molar-refractivity contribution in [1.82, 2.24) is 15.3 Å². The molecule has 0 radical (unpaired) electrons. The number of nitrogens with one attached hydrogen (secondary N) is 4. The Morgan fingerprint density at radius 2 is 2.23 bits per heavy atom. The molecule has 0 spiro atoms. The van der Waals surface area contributed by atoms with Crippen molar-refractivity contribution >= 4 is 45.5 Å². The van der Waals surface area contributed by atoms with Crippen LogP contribution in [0.3, 0.4) is 0 Å². The molecule has 138 valence electrons. The van der Waals surface area contributed by atoms with Gasteiger partial charge in [-0.15, -0.1) is 0 Å². The zero-order chi connectivity index (χ0) is 18.9. The van der Waals surface area contributed by atoms with Gasteiger partial charge in [-0.05, 0) is 18.2 Å². The molecule has 0 aliphatic carbocycles. The molecule has 7 nitrogen and oxygen atoms in total. The Bertz CT molecular complexity index is 804. The molecule has 26 heavy (non-hydrogen) atoms. The number of benzene rings is 1. The first-order valence-corrected chi connectivity index (χ1v) is 8.73. The molecule has 5 N–H and O–H groups in total. The molecule has 0 atom stereocenters. The van der Waals surface area contributed by atoms with E-state index in [2.05, 4.69) is 41.8 Å². The largest absolute Gasteiger partial charge is 0.395 e. The molecule has 2 rings (SSSR count). The molecule has 0 aliphatic rings. The summed E-state index contributed by atoms with van der Waals surface area (Å²) in [7, 11) is 0. The predicted octanol–water partition coefficient (Wildman–Crippen LogP) is 3.13. The first-order chi connectivity index (χ1) is 12.5. The van der Waals surface area contributed by atoms with Gasteiger partial charge in [0, 0.05) is 35.5 Å². The summed E-state index contributed by atoms with van der Waals surface area (Å²) in [6, 6.07) is 4.66. The lowest BCUT2D eigenvalue weighted by Gasteiger charge is -2.11. The zero-order valence-corrected chi connectivity index (χ0v) is 15.9. The van der Waals surface area contributed by atoms with E-state index in [1.807, 2.05) is 0 Å². The van der Waals surface area contributed by atoms with Gasteiger partial charge in [0.1, 0.15) is 10.8 Å². The maximum Gasteiger partial charge on any atom is 0.229 e. The number of rotatable bonds is 9. The van der Waals surface area contributed by atoms with Crippen LogP contribution in [0.25, 0.3) is 0 Å². The first-order valence-electron chi connectivity index (χ1n) is 7.55. The van der Waals surface area contributed by atoms with Gasteiger partial charge < -0.3 is 26.5 Å². The normalized spacial score (nSPS) is 11.2. The van der Waals surface area contributed by atoms with Crippen LogP contribution in [0.5, 0.6) is 0 Å². The molecule has 0 fully saturated rings. The van der Waals surface area contributed by atoms with E-state index in [0.29, 0.717) is 23.6 Å². The van der Waals surface area contributed by atoms with Gasteiger partial charge in [-0.25, -0.2) is 9.37 Å². The third-order valence-electron chi connectivity index (χ3n) is 3.12. The molecule has 1 aromatic heterocycles. The van der Waals surface area contributed by atoms with Crippen molar-refractivity contribution in [3.05, 3.63) is 57.2 Å². The van der Waals surface area contributed by atoms with Crippen LogP contribution in [0, 0.1) is 11.2 Å². The topological polar surface area (TPSA) is 106 Å². The molecule has 1 heterocycles. The Kier molecular flexibility index (Phi) is 7.76. The third-order valence-corrected chi connectivity index (χ3v) is 3.89. The number of nitrogens with zero attached hydrogens (tertiary/aromatic N) is 2. The van der Waals surface area contributed by atoms with Gasteiger partial charge in [0.15, 0.2) is 5.82 Å². The van der Waals surface area contributed by atoms with E-state index >= 15 is 0 Å². The van der Waals surface area contributed by atoms with Crippen LogP contribution in [0.15, 0.2) is 40.8 Å². The summed E-state index contributed by atoms with van der Waals surface area (Å²) in [6.07, 6.45) is 4.00. The number of halogens is 3. The summed E-state index contributed by atoms with van der Waals surface area (Å²) in [4.78, 5) is 8.28. The molecule has 0 aliphatic heterocycles. The fourth-order valence-electron chi connectivity index (χ4n) is 1.90. The van der Waals surface area contributed by atoms with Gasteiger partial charge in [-0.2, -0.15) is 4.98 Å². The Hall–Kier alpha value is -2.23. The summed E-state index contributed by atoms with van der Waals surface area (Å²) in [5.74, 6) is 0.205. The Morgan fingerprint density at radius 3 is 2.96 bits per heavy atom. The van der Waals surface area contributed by atoms with Gasteiger partial charge in [-0.1, -0.05) is 27.5 Å². The molecular weight excluding hydrogens is 427 g/mol. The van der Waals surface area contributed by atoms with E-state index < -0.39 is 0 Å². The fraction of sp³-hybridized carbons (Fsp3) is 0.188. The predicted molar refractivity (Wildman–Crippen MR) is 104 cm³/mol. The first kappa shape index (κ1) is 20.1. The van der Waals surface area contributed by atoms with Crippen LogP contribution in [-0.2, 0) is 6.54 Å². The smallest absolute Gasteiger partial charge is 0.229 e. The molecule has 0 amide bonds. The van der Waals surface area contributed by atoms with Crippen molar-refractivity contribution in [3.63, 3.8) is 0 Å². The van der Waals surface area contributed by atoms with Gasteiger partial charge in [0.2, 0.25) is 5.95 Å². The molecule has 2 aromatic rings. The second kappa shape index (κ2) is 10.0. The summed E-state index contributed by atoms with van der Waals surface area (Å²) in [6.45, 7) is 0.512. The lowest BCUT2D eigenvalue weighted by molar-refractivity contribution is 0.298. The lowest BCUT2D eigenvalue weighted by atomic mass is 10.2. The molecule has 1 aromatic carbocycles. The molecule has 0 saturated heterocycles. The van der Waals surface area contributed by atoms with Gasteiger partial charge in [-0.3, -0.25) is 0 Å². The number of hydrogen-bond donors (Lipinski definition) is 5. The van der Waals surface area contributed by atoms with Gasteiger partial charge in [0.05, 0.1) is 18.5 Å². The van der Waals surface area contributed by atoms with Crippen molar-refractivity contribution in [2.24, 2.45) is 0 Å². The summed E-state index contributed by atoms with van der Waals surface area (Å²) < 4.78 is 14.6. The average molecular weight is 444 g/mol. The molecule has 0 bridgehead atoms. The zero-order valence-electron chi connectivity index (χ0n) is 13.6. The number of aliphatic hydroxyl groups excluding tert-OH is 1. The maximum absolute atomic E-state index is 13.8. The Balaban J connectivity index is 2.10. The molecule has 0 unspecified atom stereocenters. The van der Waals surface area contributed by atoms with Gasteiger partial charge in [0.25, 0.3) is 0 Å². The number of anilines is 2. The highest BCUT2D eigenvalue weighted by Crippen LogP contribution is 2.22. The van der Waals surface area contributed by atoms with Crippen LogP contribution < -0.4 is 16.0 Å². The minimum absolute atomic E-state index is 0.0283. The maximum atomic E-state index is 13.8. The van der Waals surface area contributed by atoms with Crippen molar-refractivity contribution < 1.29 is 9.50 Å². The van der Waals surface area contributed by atoms with E-state index in [4.69, 9.17) is 22.1 Å². The molecule has 10 heteroatoms. The number of allylic oxidation sites excluding steroid dienone is 1. The van der Waals surface area contributed by atoms with E-state index in [0.717, 1.165) is 10.7 Å². The highest BCUT2D eigenvalue weighted by Gasteiger charge is 2.08. The number of aromatic nitrogens is 2. The Morgan fingerprint density at radius 1 is 1.42 bits per heavy atom. The average Bonchev–Trinajstić information content (AvgIpc) is 2.63. The standard InChI is InChI=1S/C16H17BrClFN6O/c17-11-1-2-14(19)10(5-11)7-22-15-13(18)9-23-16(25-15)24-12(6-20)8-21-3-4-26/h1-2,5-6,8-9,20-21,26H,3-4,7H2,(H2,22,23,24,25)/b12-8+,20-6?. The summed E-state index contributed by atoms with van der Waals surface area (Å²) in [5.41, 5.74) is 0.849. The van der Waals surface area contributed by atoms with E-state index in [1.165, 1.54) is 18.5 Å². The second-order valence-corrected chi connectivity index (χ2v) is 6.35. The SMILES string of the molecule is N=C/C(=C\NCCO)Nc1ncc(Cl)c(NCc2cc(Br)ccc2F)n1. The highest BCUT2D eigenvalue weighted by atomic mass is 79.9. The summed E-state index contributed by atoms with van der Waals surface area (Å²) in [5, 5.41) is 25.0. The quantitative estimate of drug-likeness (QED) is 0.301. The van der Waals surface area contributed by atoms with Crippen molar-refractivity contribution in [3.8, 4) is 0 Å². The number of hydrogen-bond acceptors (Lipinski definition) is 7. The van der Waals surface area contributed by atoms with Crippen LogP contribution in [-0.4, -0.2) is 34.4 Å². The summed E-state index contributed by atoms with van der Waals surface area (Å²) >= 11 is 9.39. The van der Waals surface area contributed by atoms with E-state index in [1.54, 1.807) is 12.1 Å². The third kappa shape index (κ3) is 5.94. The fourth-order valence-corrected chi connectivity index (χ4v) is 2.47. The van der Waals surface area contributed by atoms with Gasteiger partial charge >= 0.3 is 0 Å². The van der Waals surface area contributed by atoms with Crippen LogP contribution in [0.1, 0.15) is 5.56 Å². The van der Waals surface area contributed by atoms with Crippen molar-refractivity contribution in [2.45, 2.75) is 6.54 Å². The van der Waals surface area contributed by atoms with Crippen molar-refractivity contribution in [1.29, 1.82) is 5.41 Å². The molecule has 0 saturated carbocycles. The van der Waals surface area contributed by atoms with Crippen LogP contribution in [0.4, 0.5) is 16.2 Å². The van der Waals surface area contributed by atoms with Crippen molar-refractivity contribution in [2.75, 3.05) is 23.8 Å². The Labute approximate surface area is 163 Å². The van der Waals surface area contributed by atoms with Crippen LogP contribution in [0.2, 0.25) is 5.02 Å². The highest BCUT2D eigenvalue weighted by molar-refractivity contribution is 9.10. The lowest BCUT2D eigenvalue weighted by Crippen LogP contribution is -2.15. The number of aliphatic hydroxyl groups is 1. The van der Waals surface area contributed by atoms with E-state index in [9.17, 15) is 4.39 Å². The molecular formula is C16H17BrClFN6O. The second-order valence-electron chi connectivity index (χ2n) is 5.03. The minimum atomic E-state index is -0.340. The monoisotopic (exact) mass is 442 g/mol. The van der Waals surface area contributed by atoms with Crippen LogP contribution >= 0.6 is 27.5 Å². The minimum Gasteiger partial charge on any atom is -0.395 e. The van der Waals surface area contributed by atoms with E-state index in [-0.39, 0.29) is 29.9 Å².